The van der Waals surface area contributed by atoms with Gasteiger partial charge in [-0.15, -0.1) is 6.58 Å². The molecule has 0 radical (unpaired) electrons. The van der Waals surface area contributed by atoms with E-state index in [1.807, 2.05) is 97.1 Å². The van der Waals surface area contributed by atoms with Crippen LogP contribution in [0.3, 0.4) is 0 Å². The molecule has 14 heteroatoms. The molecule has 6 rings (SSSR count). The normalized spacial score (nSPS) is 27.1. The number of benzene rings is 4. The van der Waals surface area contributed by atoms with Crippen LogP contribution in [0, 0.1) is 0 Å². The van der Waals surface area contributed by atoms with Crippen molar-refractivity contribution in [3.05, 3.63) is 134 Å². The molecule has 2 saturated heterocycles. The molecule has 0 saturated carbocycles. The van der Waals surface area contributed by atoms with Gasteiger partial charge in [0, 0.05) is 6.92 Å². The second kappa shape index (κ2) is 20.5. The van der Waals surface area contributed by atoms with Crippen molar-refractivity contribution >= 4 is 43.3 Å². The molecule has 0 unspecified atom stereocenters. The number of ether oxygens (including phenoxy) is 4. The molecule has 0 aliphatic carbocycles. The molecule has 0 bridgehead atoms. The molecule has 2 aliphatic heterocycles. The van der Waals surface area contributed by atoms with Crippen molar-refractivity contribution in [3.63, 3.8) is 0 Å². The summed E-state index contributed by atoms with van der Waals surface area (Å²) in [6, 6.07) is 38.9. The zero-order valence-electron chi connectivity index (χ0n) is 37.4. The van der Waals surface area contributed by atoms with Crippen LogP contribution in [-0.2, 0) is 32.6 Å². The summed E-state index contributed by atoms with van der Waals surface area (Å²) in [5, 5.41) is 52.7. The highest BCUT2D eigenvalue weighted by Crippen LogP contribution is 2.40. The van der Waals surface area contributed by atoms with Gasteiger partial charge in [0.1, 0.15) is 48.8 Å². The number of hydrogen-bond acceptors (Lipinski definition) is 11. The Kier molecular flexibility index (Phi) is 15.8. The Hall–Kier alpha value is -3.88. The van der Waals surface area contributed by atoms with E-state index in [1.54, 1.807) is 0 Å². The number of hydrogen-bond donors (Lipinski definition) is 5. The first kappa shape index (κ1) is 48.6. The largest absolute Gasteiger partial charge is 0.405 e. The van der Waals surface area contributed by atoms with Crippen molar-refractivity contribution in [2.45, 2.75) is 120 Å². The molecule has 0 spiro atoms. The van der Waals surface area contributed by atoms with E-state index in [9.17, 15) is 25.2 Å². The first-order valence-electron chi connectivity index (χ1n) is 21.6. The van der Waals surface area contributed by atoms with Crippen LogP contribution in [0.15, 0.2) is 134 Å². The Morgan fingerprint density at radius 3 is 1.40 bits per heavy atom. The molecule has 5 N–H and O–H groups in total. The summed E-state index contributed by atoms with van der Waals surface area (Å²) in [6.45, 7) is 17.6. The van der Waals surface area contributed by atoms with Gasteiger partial charge in [0.15, 0.2) is 12.6 Å². The molecule has 4 aromatic rings. The highest BCUT2D eigenvalue weighted by atomic mass is 28.4. The van der Waals surface area contributed by atoms with Crippen molar-refractivity contribution in [3.8, 4) is 0 Å². The van der Waals surface area contributed by atoms with Gasteiger partial charge < -0.3 is 53.5 Å². The fourth-order valence-electron chi connectivity index (χ4n) is 9.17. The van der Waals surface area contributed by atoms with Crippen molar-refractivity contribution in [1.82, 2.24) is 5.32 Å². The van der Waals surface area contributed by atoms with Crippen LogP contribution in [-0.4, -0.2) is 124 Å². The van der Waals surface area contributed by atoms with E-state index in [2.05, 4.69) is 77.7 Å². The average Bonchev–Trinajstić information content (AvgIpc) is 3.26. The summed E-state index contributed by atoms with van der Waals surface area (Å²) in [5.41, 5.74) is 0. The number of nitrogens with one attached hydrogen (secondary N) is 1. The molecule has 1 amide bonds. The quantitative estimate of drug-likeness (QED) is 0.0830. The lowest BCUT2D eigenvalue weighted by molar-refractivity contribution is -0.347. The van der Waals surface area contributed by atoms with E-state index < -0.39 is 94.0 Å². The standard InChI is InChI=1S/C49H65NO11Si2/c1-9-30-56-46-40(50-33(2)51)42(53)45(39(60-46)32-58-63(49(6,7)8,36-26-18-12-19-27-36)37-28-20-13-21-29-37)61-47-44(55)43(54)41(52)38(59-47)31-57-62(48(3,4)5,34-22-14-10-15-23-34)35-24-16-11-17-25-35/h9-29,38-47,52-55H,1,30-32H2,2-8H3,(H,50,51)/t38-,39-,40-,41+,42-,43+,44-,45-,46-,47+/m1/s1. The van der Waals surface area contributed by atoms with Crippen LogP contribution in [0.25, 0.3) is 0 Å². The van der Waals surface area contributed by atoms with Crippen molar-refractivity contribution in [2.24, 2.45) is 0 Å². The maximum absolute atomic E-state index is 12.6. The van der Waals surface area contributed by atoms with Crippen molar-refractivity contribution in [2.75, 3.05) is 19.8 Å². The number of carbonyl (C=O) groups is 1. The molecule has 340 valence electrons. The van der Waals surface area contributed by atoms with E-state index >= 15 is 0 Å². The van der Waals surface area contributed by atoms with E-state index in [4.69, 9.17) is 27.8 Å². The molecule has 2 aliphatic rings. The van der Waals surface area contributed by atoms with Gasteiger partial charge in [0.2, 0.25) is 5.91 Å². The van der Waals surface area contributed by atoms with Crippen molar-refractivity contribution < 1.29 is 53.0 Å². The Balaban J connectivity index is 1.36. The minimum Gasteiger partial charge on any atom is -0.405 e. The highest BCUT2D eigenvalue weighted by molar-refractivity contribution is 7.00. The smallest absolute Gasteiger partial charge is 0.261 e. The van der Waals surface area contributed by atoms with Crippen LogP contribution in [0.1, 0.15) is 48.5 Å². The molecule has 12 nitrogen and oxygen atoms in total. The van der Waals surface area contributed by atoms with Crippen LogP contribution in [0.5, 0.6) is 0 Å². The molecular formula is C49H65NO11Si2. The maximum atomic E-state index is 12.6. The second-order valence-electron chi connectivity index (χ2n) is 18.4. The zero-order valence-corrected chi connectivity index (χ0v) is 39.4. The third kappa shape index (κ3) is 10.2. The van der Waals surface area contributed by atoms with Gasteiger partial charge in [-0.05, 0) is 30.8 Å². The lowest BCUT2D eigenvalue weighted by Gasteiger charge is -2.49. The van der Waals surface area contributed by atoms with Gasteiger partial charge in [-0.25, -0.2) is 0 Å². The Morgan fingerprint density at radius 1 is 0.619 bits per heavy atom. The third-order valence-electron chi connectivity index (χ3n) is 12.1. The first-order valence-corrected chi connectivity index (χ1v) is 25.5. The molecular weight excluding hydrogens is 835 g/mol. The summed E-state index contributed by atoms with van der Waals surface area (Å²) in [4.78, 5) is 12.6. The topological polar surface area (TPSA) is 165 Å². The van der Waals surface area contributed by atoms with Crippen LogP contribution < -0.4 is 26.1 Å². The number of aliphatic hydroxyl groups is 4. The fourth-order valence-corrected chi connectivity index (χ4v) is 18.3. The number of carbonyl (C=O) groups excluding carboxylic acids is 1. The minimum absolute atomic E-state index is 0.0445. The summed E-state index contributed by atoms with van der Waals surface area (Å²) < 4.78 is 39.9. The van der Waals surface area contributed by atoms with E-state index in [0.717, 1.165) is 20.7 Å². The van der Waals surface area contributed by atoms with Crippen LogP contribution in [0.2, 0.25) is 10.1 Å². The summed E-state index contributed by atoms with van der Waals surface area (Å²) in [7, 11) is -6.33. The van der Waals surface area contributed by atoms with E-state index in [1.165, 1.54) is 13.0 Å². The van der Waals surface area contributed by atoms with Gasteiger partial charge in [-0.2, -0.15) is 0 Å². The number of amides is 1. The highest BCUT2D eigenvalue weighted by Gasteiger charge is 2.56. The van der Waals surface area contributed by atoms with Gasteiger partial charge in [-0.1, -0.05) is 169 Å². The molecule has 63 heavy (non-hydrogen) atoms. The van der Waals surface area contributed by atoms with Crippen molar-refractivity contribution in [1.29, 1.82) is 0 Å². The Bertz CT molecular complexity index is 1970. The van der Waals surface area contributed by atoms with Gasteiger partial charge in [0.05, 0.1) is 19.8 Å². The van der Waals surface area contributed by atoms with Gasteiger partial charge in [0.25, 0.3) is 16.6 Å². The molecule has 10 atom stereocenters. The molecule has 2 heterocycles. The number of rotatable bonds is 16. The summed E-state index contributed by atoms with van der Waals surface area (Å²) >= 11 is 0. The summed E-state index contributed by atoms with van der Waals surface area (Å²) in [6.07, 6.45) is -11.4. The first-order chi connectivity index (χ1) is 30.0. The van der Waals surface area contributed by atoms with Crippen LogP contribution in [0.4, 0.5) is 0 Å². The number of aliphatic hydroxyl groups excluding tert-OH is 4. The average molecular weight is 900 g/mol. The zero-order chi connectivity index (χ0) is 45.6. The Labute approximate surface area is 374 Å². The monoisotopic (exact) mass is 899 g/mol. The molecule has 2 fully saturated rings. The SMILES string of the molecule is C=CCO[C@@H]1O[C@H](CO[Si](c2ccccc2)(c2ccccc2)C(C)(C)C)[C@@H](O[C@@H]2O[C@H](CO[Si](c3ccccc3)(c3ccccc3)C(C)(C)C)[C@H](O)[C@H](O)[C@H]2O)[C@H](O)[C@H]1NC(C)=O. The lowest BCUT2D eigenvalue weighted by Crippen LogP contribution is -2.70. The fraction of sp³-hybridized carbons (Fsp3) is 0.449. The third-order valence-corrected chi connectivity index (χ3v) is 22.2. The Morgan fingerprint density at radius 2 is 1.02 bits per heavy atom. The van der Waals surface area contributed by atoms with Gasteiger partial charge in [-0.3, -0.25) is 4.79 Å². The van der Waals surface area contributed by atoms with E-state index in [-0.39, 0.29) is 19.8 Å². The molecule has 0 aromatic heterocycles. The lowest BCUT2D eigenvalue weighted by atomic mass is 9.95. The van der Waals surface area contributed by atoms with Gasteiger partial charge >= 0.3 is 0 Å². The second-order valence-corrected chi connectivity index (χ2v) is 27.1. The minimum atomic E-state index is -3.18. The predicted molar refractivity (Wildman–Crippen MR) is 247 cm³/mol. The predicted octanol–water partition coefficient (Wildman–Crippen LogP) is 3.13. The van der Waals surface area contributed by atoms with Crippen LogP contribution >= 0.6 is 0 Å². The summed E-state index contributed by atoms with van der Waals surface area (Å²) in [5.74, 6) is -0.455. The molecule has 4 aromatic carbocycles. The maximum Gasteiger partial charge on any atom is 0.261 e. The van der Waals surface area contributed by atoms with E-state index in [0.29, 0.717) is 0 Å².